The Morgan fingerprint density at radius 1 is 0.870 bits per heavy atom. The molecular weight excluding hydrogens is 288 g/mol. The molecule has 0 aliphatic carbocycles. The van der Waals surface area contributed by atoms with E-state index in [0.29, 0.717) is 42.7 Å². The van der Waals surface area contributed by atoms with E-state index in [2.05, 4.69) is 0 Å². The molecule has 1 fully saturated rings. The third kappa shape index (κ3) is 3.42. The number of ketones is 1. The third-order valence-corrected chi connectivity index (χ3v) is 4.37. The van der Waals surface area contributed by atoms with Crippen molar-refractivity contribution in [1.29, 1.82) is 0 Å². The van der Waals surface area contributed by atoms with E-state index in [4.69, 9.17) is 5.73 Å². The average molecular weight is 308 g/mol. The molecule has 0 atom stereocenters. The molecule has 1 saturated heterocycles. The molecule has 2 aromatic carbocycles. The number of anilines is 1. The van der Waals surface area contributed by atoms with E-state index in [1.807, 2.05) is 35.2 Å². The maximum absolute atomic E-state index is 12.5. The highest BCUT2D eigenvalue weighted by Gasteiger charge is 2.28. The Bertz CT molecular complexity index is 687. The Labute approximate surface area is 135 Å². The average Bonchev–Trinajstić information content (AvgIpc) is 2.62. The monoisotopic (exact) mass is 308 g/mol. The summed E-state index contributed by atoms with van der Waals surface area (Å²) in [6.45, 7) is 1.25. The van der Waals surface area contributed by atoms with E-state index in [1.54, 1.807) is 24.3 Å². The van der Waals surface area contributed by atoms with Crippen LogP contribution < -0.4 is 5.73 Å². The molecule has 0 bridgehead atoms. The van der Waals surface area contributed by atoms with Gasteiger partial charge in [-0.2, -0.15) is 0 Å². The number of nitrogens with two attached hydrogens (primary N) is 1. The highest BCUT2D eigenvalue weighted by atomic mass is 16.2. The van der Waals surface area contributed by atoms with Crippen molar-refractivity contribution in [2.45, 2.75) is 12.8 Å². The van der Waals surface area contributed by atoms with Crippen molar-refractivity contribution in [1.82, 2.24) is 4.90 Å². The van der Waals surface area contributed by atoms with Gasteiger partial charge in [0.1, 0.15) is 0 Å². The van der Waals surface area contributed by atoms with Crippen molar-refractivity contribution >= 4 is 17.4 Å². The van der Waals surface area contributed by atoms with Crippen molar-refractivity contribution in [2.75, 3.05) is 18.8 Å². The van der Waals surface area contributed by atoms with Gasteiger partial charge < -0.3 is 10.6 Å². The summed E-state index contributed by atoms with van der Waals surface area (Å²) in [7, 11) is 0. The smallest absolute Gasteiger partial charge is 0.253 e. The molecule has 4 nitrogen and oxygen atoms in total. The fourth-order valence-electron chi connectivity index (χ4n) is 2.99. The lowest BCUT2D eigenvalue weighted by Gasteiger charge is -2.31. The molecule has 0 spiro atoms. The second-order valence-electron chi connectivity index (χ2n) is 5.92. The Balaban J connectivity index is 1.61. The minimum atomic E-state index is -0.0153. The van der Waals surface area contributed by atoms with E-state index in [1.165, 1.54) is 0 Å². The third-order valence-electron chi connectivity index (χ3n) is 4.37. The van der Waals surface area contributed by atoms with Crippen LogP contribution in [0.4, 0.5) is 5.69 Å². The zero-order valence-corrected chi connectivity index (χ0v) is 12.9. The van der Waals surface area contributed by atoms with Gasteiger partial charge in [0.05, 0.1) is 0 Å². The fraction of sp³-hybridized carbons (Fsp3) is 0.263. The molecule has 23 heavy (non-hydrogen) atoms. The standard InChI is InChI=1S/C19H20N2O2/c20-17-8-6-14(7-9-17)18(22)15-10-12-21(13-11-15)19(23)16-4-2-1-3-5-16/h1-9,15H,10-13,20H2. The summed E-state index contributed by atoms with van der Waals surface area (Å²) < 4.78 is 0. The van der Waals surface area contributed by atoms with Crippen LogP contribution in [0.1, 0.15) is 33.6 Å². The van der Waals surface area contributed by atoms with Crippen molar-refractivity contribution < 1.29 is 9.59 Å². The number of rotatable bonds is 3. The number of likely N-dealkylation sites (tertiary alicyclic amines) is 1. The number of Topliss-reactive ketones (excluding diaryl/α,β-unsaturated/α-hetero) is 1. The SMILES string of the molecule is Nc1ccc(C(=O)C2CCN(C(=O)c3ccccc3)CC2)cc1. The van der Waals surface area contributed by atoms with Crippen LogP contribution in [-0.2, 0) is 0 Å². The summed E-state index contributed by atoms with van der Waals surface area (Å²) >= 11 is 0. The topological polar surface area (TPSA) is 63.4 Å². The van der Waals surface area contributed by atoms with Gasteiger partial charge >= 0.3 is 0 Å². The predicted octanol–water partition coefficient (Wildman–Crippen LogP) is 3.00. The first-order chi connectivity index (χ1) is 11.1. The molecular formula is C19H20N2O2. The van der Waals surface area contributed by atoms with Gasteiger partial charge in [-0.3, -0.25) is 9.59 Å². The van der Waals surface area contributed by atoms with Crippen LogP contribution in [-0.4, -0.2) is 29.7 Å². The molecule has 4 heteroatoms. The summed E-state index contributed by atoms with van der Waals surface area (Å²) in [6.07, 6.45) is 1.42. The van der Waals surface area contributed by atoms with E-state index in [0.717, 1.165) is 0 Å². The van der Waals surface area contributed by atoms with Crippen LogP contribution in [0.15, 0.2) is 54.6 Å². The lowest BCUT2D eigenvalue weighted by atomic mass is 9.88. The molecule has 1 heterocycles. The number of carbonyl (C=O) groups is 2. The number of piperidine rings is 1. The van der Waals surface area contributed by atoms with Gasteiger partial charge in [0.2, 0.25) is 0 Å². The van der Waals surface area contributed by atoms with Crippen LogP contribution >= 0.6 is 0 Å². The van der Waals surface area contributed by atoms with Crippen LogP contribution in [0.25, 0.3) is 0 Å². The molecule has 2 N–H and O–H groups in total. The Morgan fingerprint density at radius 3 is 2.09 bits per heavy atom. The van der Waals surface area contributed by atoms with Gasteiger partial charge in [-0.1, -0.05) is 18.2 Å². The molecule has 2 aromatic rings. The van der Waals surface area contributed by atoms with Crippen LogP contribution in [0.5, 0.6) is 0 Å². The first kappa shape index (κ1) is 15.3. The van der Waals surface area contributed by atoms with Crippen LogP contribution in [0, 0.1) is 5.92 Å². The number of hydrogen-bond acceptors (Lipinski definition) is 3. The highest BCUT2D eigenvalue weighted by molar-refractivity contribution is 5.98. The van der Waals surface area contributed by atoms with E-state index in [9.17, 15) is 9.59 Å². The second kappa shape index (κ2) is 6.65. The number of nitrogens with zero attached hydrogens (tertiary/aromatic N) is 1. The number of hydrogen-bond donors (Lipinski definition) is 1. The maximum Gasteiger partial charge on any atom is 0.253 e. The number of carbonyl (C=O) groups excluding carboxylic acids is 2. The lowest BCUT2D eigenvalue weighted by Crippen LogP contribution is -2.40. The summed E-state index contributed by atoms with van der Waals surface area (Å²) in [5.41, 5.74) is 7.72. The zero-order chi connectivity index (χ0) is 16.2. The second-order valence-corrected chi connectivity index (χ2v) is 5.92. The molecule has 0 saturated carbocycles. The number of benzene rings is 2. The molecule has 1 aliphatic heterocycles. The molecule has 1 amide bonds. The highest BCUT2D eigenvalue weighted by Crippen LogP contribution is 2.23. The first-order valence-electron chi connectivity index (χ1n) is 7.89. The molecule has 0 radical (unpaired) electrons. The molecule has 3 rings (SSSR count). The Kier molecular flexibility index (Phi) is 4.42. The number of nitrogen functional groups attached to an aromatic ring is 1. The quantitative estimate of drug-likeness (QED) is 0.700. The van der Waals surface area contributed by atoms with Crippen molar-refractivity contribution in [3.05, 3.63) is 65.7 Å². The minimum absolute atomic E-state index is 0.0153. The maximum atomic E-state index is 12.5. The van der Waals surface area contributed by atoms with Crippen molar-refractivity contribution in [2.24, 2.45) is 5.92 Å². The zero-order valence-electron chi connectivity index (χ0n) is 12.9. The largest absolute Gasteiger partial charge is 0.399 e. The number of amides is 1. The molecule has 118 valence electrons. The summed E-state index contributed by atoms with van der Waals surface area (Å²) in [4.78, 5) is 26.8. The summed E-state index contributed by atoms with van der Waals surface area (Å²) in [5, 5.41) is 0. The Morgan fingerprint density at radius 2 is 1.48 bits per heavy atom. The lowest BCUT2D eigenvalue weighted by molar-refractivity contribution is 0.0650. The molecule has 0 aromatic heterocycles. The summed E-state index contributed by atoms with van der Waals surface area (Å²) in [5.74, 6) is 0.180. The van der Waals surface area contributed by atoms with Crippen molar-refractivity contribution in [3.8, 4) is 0 Å². The van der Waals surface area contributed by atoms with Crippen LogP contribution in [0.3, 0.4) is 0 Å². The van der Waals surface area contributed by atoms with Gasteiger partial charge in [-0.25, -0.2) is 0 Å². The Hall–Kier alpha value is -2.62. The molecule has 1 aliphatic rings. The van der Waals surface area contributed by atoms with E-state index < -0.39 is 0 Å². The van der Waals surface area contributed by atoms with Gasteiger partial charge in [0, 0.05) is 35.8 Å². The van der Waals surface area contributed by atoms with Gasteiger partial charge in [-0.15, -0.1) is 0 Å². The minimum Gasteiger partial charge on any atom is -0.399 e. The van der Waals surface area contributed by atoms with Crippen molar-refractivity contribution in [3.63, 3.8) is 0 Å². The first-order valence-corrected chi connectivity index (χ1v) is 7.89. The van der Waals surface area contributed by atoms with Gasteiger partial charge in [-0.05, 0) is 49.2 Å². The summed E-state index contributed by atoms with van der Waals surface area (Å²) in [6, 6.07) is 16.3. The van der Waals surface area contributed by atoms with Gasteiger partial charge in [0.15, 0.2) is 5.78 Å². The predicted molar refractivity (Wildman–Crippen MR) is 90.3 cm³/mol. The normalized spacial score (nSPS) is 15.4. The van der Waals surface area contributed by atoms with E-state index >= 15 is 0 Å². The van der Waals surface area contributed by atoms with E-state index in [-0.39, 0.29) is 17.6 Å². The van der Waals surface area contributed by atoms with Crippen LogP contribution in [0.2, 0.25) is 0 Å². The fourth-order valence-corrected chi connectivity index (χ4v) is 2.99. The molecule has 0 unspecified atom stereocenters. The van der Waals surface area contributed by atoms with Gasteiger partial charge in [0.25, 0.3) is 5.91 Å².